The van der Waals surface area contributed by atoms with Gasteiger partial charge in [0, 0.05) is 14.2 Å². The van der Waals surface area contributed by atoms with Crippen LogP contribution in [0, 0.1) is 0 Å². The summed E-state index contributed by atoms with van der Waals surface area (Å²) in [7, 11) is 0.140. The topological polar surface area (TPSA) is 35.5 Å². The molecule has 0 aliphatic rings. The van der Waals surface area contributed by atoms with Gasteiger partial charge in [-0.1, -0.05) is 38.5 Å². The second-order valence-electron chi connectivity index (χ2n) is 4.25. The Kier molecular flexibility index (Phi) is 11.9. The first kappa shape index (κ1) is 17.5. The van der Waals surface area contributed by atoms with Gasteiger partial charge in [0.05, 0.1) is 6.16 Å². The van der Waals surface area contributed by atoms with Gasteiger partial charge < -0.3 is 9.05 Å². The fourth-order valence-corrected chi connectivity index (χ4v) is 3.08. The Bertz CT molecular complexity index is 204. The predicted octanol–water partition coefficient (Wildman–Crippen LogP) is 4.52. The molecule has 0 amide bonds. The lowest BCUT2D eigenvalue weighted by molar-refractivity contribution is 0.275. The van der Waals surface area contributed by atoms with Crippen molar-refractivity contribution in [3.63, 3.8) is 0 Å². The normalized spacial score (nSPS) is 11.9. The van der Waals surface area contributed by atoms with Crippen molar-refractivity contribution in [1.29, 1.82) is 0 Å². The van der Waals surface area contributed by atoms with Gasteiger partial charge in [-0.2, -0.15) is 12.6 Å². The van der Waals surface area contributed by atoms with Crippen LogP contribution >= 0.6 is 20.2 Å². The van der Waals surface area contributed by atoms with Gasteiger partial charge >= 0.3 is 7.60 Å². The van der Waals surface area contributed by atoms with E-state index < -0.39 is 7.60 Å². The molecule has 17 heavy (non-hydrogen) atoms. The molecule has 0 N–H and O–H groups in total. The van der Waals surface area contributed by atoms with Crippen LogP contribution in [-0.4, -0.2) is 26.1 Å². The summed E-state index contributed by atoms with van der Waals surface area (Å²) in [5.41, 5.74) is 0. The van der Waals surface area contributed by atoms with Crippen molar-refractivity contribution in [2.45, 2.75) is 51.4 Å². The Hall–Kier alpha value is 0.500. The summed E-state index contributed by atoms with van der Waals surface area (Å²) in [6, 6.07) is 0. The molecule has 0 saturated carbocycles. The molecule has 0 rings (SSSR count). The zero-order chi connectivity index (χ0) is 13.0. The van der Waals surface area contributed by atoms with E-state index in [-0.39, 0.29) is 0 Å². The third-order valence-corrected chi connectivity index (χ3v) is 5.19. The summed E-state index contributed by atoms with van der Waals surface area (Å²) >= 11 is 4.19. The molecular weight excluding hydrogens is 255 g/mol. The van der Waals surface area contributed by atoms with Crippen LogP contribution in [0.3, 0.4) is 0 Å². The Balaban J connectivity index is 3.26. The Labute approximate surface area is 112 Å². The predicted molar refractivity (Wildman–Crippen MR) is 77.3 cm³/mol. The van der Waals surface area contributed by atoms with Crippen molar-refractivity contribution in [2.24, 2.45) is 0 Å². The van der Waals surface area contributed by atoms with E-state index >= 15 is 0 Å². The van der Waals surface area contributed by atoms with Crippen molar-refractivity contribution in [3.05, 3.63) is 0 Å². The molecule has 0 aliphatic carbocycles. The number of hydrogen-bond acceptors (Lipinski definition) is 4. The molecule has 0 aromatic carbocycles. The molecule has 0 saturated heterocycles. The lowest BCUT2D eigenvalue weighted by Gasteiger charge is -2.12. The molecule has 0 heterocycles. The average molecular weight is 282 g/mol. The van der Waals surface area contributed by atoms with Gasteiger partial charge in [0.25, 0.3) is 0 Å². The fraction of sp³-hybridized carbons (Fsp3) is 1.00. The number of thiol groups is 1. The molecule has 0 aromatic heterocycles. The molecule has 0 atom stereocenters. The zero-order valence-corrected chi connectivity index (χ0v) is 13.0. The first-order valence-electron chi connectivity index (χ1n) is 6.50. The number of unbranched alkanes of at least 4 members (excludes halogenated alkanes) is 7. The molecule has 0 radical (unpaired) electrons. The standard InChI is InChI=1S/C12H27O3PS/c1-14-16(13,15-2)11-9-7-5-3-4-6-8-10-12-17/h17H,3-12H2,1-2H3. The summed E-state index contributed by atoms with van der Waals surface area (Å²) < 4.78 is 21.5. The molecular formula is C12H27O3PS. The molecule has 0 fully saturated rings. The lowest BCUT2D eigenvalue weighted by atomic mass is 10.1. The highest BCUT2D eigenvalue weighted by Crippen LogP contribution is 2.47. The van der Waals surface area contributed by atoms with Crippen molar-refractivity contribution < 1.29 is 13.6 Å². The minimum atomic E-state index is -2.76. The van der Waals surface area contributed by atoms with E-state index in [9.17, 15) is 4.57 Å². The van der Waals surface area contributed by atoms with Crippen molar-refractivity contribution in [2.75, 3.05) is 26.1 Å². The van der Waals surface area contributed by atoms with E-state index in [1.165, 1.54) is 52.7 Å². The van der Waals surface area contributed by atoms with Gasteiger partial charge in [-0.05, 0) is 18.6 Å². The molecule has 3 nitrogen and oxygen atoms in total. The Morgan fingerprint density at radius 1 is 0.824 bits per heavy atom. The van der Waals surface area contributed by atoms with Crippen molar-refractivity contribution >= 4 is 20.2 Å². The summed E-state index contributed by atoms with van der Waals surface area (Å²) in [6.07, 6.45) is 10.2. The SMILES string of the molecule is COP(=O)(CCCCCCCCCCS)OC. The van der Waals surface area contributed by atoms with E-state index in [0.717, 1.165) is 18.6 Å². The Morgan fingerprint density at radius 3 is 1.65 bits per heavy atom. The van der Waals surface area contributed by atoms with Crippen LogP contribution in [0.25, 0.3) is 0 Å². The van der Waals surface area contributed by atoms with Crippen LogP contribution in [-0.2, 0) is 13.6 Å². The highest BCUT2D eigenvalue weighted by atomic mass is 32.1. The molecule has 0 bridgehead atoms. The molecule has 0 aliphatic heterocycles. The summed E-state index contributed by atoms with van der Waals surface area (Å²) in [6.45, 7) is 0. The van der Waals surface area contributed by atoms with Crippen LogP contribution in [0.1, 0.15) is 51.4 Å². The minimum Gasteiger partial charge on any atom is -0.312 e. The maximum Gasteiger partial charge on any atom is 0.330 e. The van der Waals surface area contributed by atoms with Crippen LogP contribution in [0.5, 0.6) is 0 Å². The van der Waals surface area contributed by atoms with Crippen molar-refractivity contribution in [1.82, 2.24) is 0 Å². The first-order chi connectivity index (χ1) is 8.18. The van der Waals surface area contributed by atoms with Gasteiger partial charge in [0.1, 0.15) is 0 Å². The third kappa shape index (κ3) is 10.1. The smallest absolute Gasteiger partial charge is 0.312 e. The van der Waals surface area contributed by atoms with Crippen molar-refractivity contribution in [3.8, 4) is 0 Å². The van der Waals surface area contributed by atoms with Gasteiger partial charge in [-0.3, -0.25) is 4.57 Å². The molecule has 5 heteroatoms. The van der Waals surface area contributed by atoms with Crippen LogP contribution in [0.2, 0.25) is 0 Å². The lowest BCUT2D eigenvalue weighted by Crippen LogP contribution is -1.94. The summed E-state index contributed by atoms with van der Waals surface area (Å²) in [5, 5.41) is 0. The minimum absolute atomic E-state index is 0.541. The molecule has 104 valence electrons. The Morgan fingerprint density at radius 2 is 1.24 bits per heavy atom. The van der Waals surface area contributed by atoms with Gasteiger partial charge in [-0.15, -0.1) is 0 Å². The summed E-state index contributed by atoms with van der Waals surface area (Å²) in [4.78, 5) is 0. The largest absolute Gasteiger partial charge is 0.330 e. The average Bonchev–Trinajstić information content (AvgIpc) is 2.36. The second kappa shape index (κ2) is 11.6. The highest BCUT2D eigenvalue weighted by molar-refractivity contribution is 7.80. The van der Waals surface area contributed by atoms with E-state index in [4.69, 9.17) is 9.05 Å². The third-order valence-electron chi connectivity index (χ3n) is 2.90. The van der Waals surface area contributed by atoms with E-state index in [1.54, 1.807) is 0 Å². The molecule has 0 unspecified atom stereocenters. The summed E-state index contributed by atoms with van der Waals surface area (Å²) in [5.74, 6) is 1.00. The van der Waals surface area contributed by atoms with E-state index in [2.05, 4.69) is 12.6 Å². The fourth-order valence-electron chi connectivity index (χ4n) is 1.74. The quantitative estimate of drug-likeness (QED) is 0.325. The van der Waals surface area contributed by atoms with E-state index in [0.29, 0.717) is 6.16 Å². The molecule has 0 spiro atoms. The molecule has 0 aromatic rings. The second-order valence-corrected chi connectivity index (χ2v) is 7.10. The van der Waals surface area contributed by atoms with Gasteiger partial charge in [0.2, 0.25) is 0 Å². The number of hydrogen-bond donors (Lipinski definition) is 1. The monoisotopic (exact) mass is 282 g/mol. The van der Waals surface area contributed by atoms with Gasteiger partial charge in [-0.25, -0.2) is 0 Å². The van der Waals surface area contributed by atoms with Crippen LogP contribution in [0.15, 0.2) is 0 Å². The maximum atomic E-state index is 11.7. The zero-order valence-electron chi connectivity index (χ0n) is 11.2. The van der Waals surface area contributed by atoms with Crippen LogP contribution in [0.4, 0.5) is 0 Å². The van der Waals surface area contributed by atoms with E-state index in [1.807, 2.05) is 0 Å². The van der Waals surface area contributed by atoms with Crippen LogP contribution < -0.4 is 0 Å². The number of rotatable bonds is 12. The maximum absolute atomic E-state index is 11.7. The first-order valence-corrected chi connectivity index (χ1v) is 8.86. The highest BCUT2D eigenvalue weighted by Gasteiger charge is 2.19. The van der Waals surface area contributed by atoms with Gasteiger partial charge in [0.15, 0.2) is 0 Å².